The lowest BCUT2D eigenvalue weighted by molar-refractivity contribution is -0.138. The number of fused-ring (bicyclic) bond motifs is 2. The summed E-state index contributed by atoms with van der Waals surface area (Å²) in [4.78, 5) is 116. The number of aliphatic hydroxyl groups is 1. The van der Waals surface area contributed by atoms with Crippen molar-refractivity contribution in [2.45, 2.75) is 107 Å². The van der Waals surface area contributed by atoms with Crippen molar-refractivity contribution in [3.63, 3.8) is 0 Å². The Labute approximate surface area is 374 Å². The second kappa shape index (κ2) is 25.4. The third-order valence-corrected chi connectivity index (χ3v) is 12.6. The molecule has 352 valence electrons. The van der Waals surface area contributed by atoms with E-state index in [1.54, 1.807) is 32.2 Å². The Morgan fingerprint density at radius 2 is 1.55 bits per heavy atom. The molecule has 1 aromatic carbocycles. The number of urea groups is 1. The minimum absolute atomic E-state index is 0.0770. The molecule has 0 aliphatic carbocycles. The number of para-hydroxylation sites is 1. The van der Waals surface area contributed by atoms with Crippen molar-refractivity contribution >= 4 is 76.0 Å². The van der Waals surface area contributed by atoms with Crippen molar-refractivity contribution in [3.8, 4) is 0 Å². The average molecular weight is 916 g/mol. The first kappa shape index (κ1) is 50.7. The lowest BCUT2D eigenvalue weighted by Crippen LogP contribution is -2.57. The van der Waals surface area contributed by atoms with E-state index in [0.717, 1.165) is 35.9 Å². The lowest BCUT2D eigenvalue weighted by Gasteiger charge is -2.25. The number of primary amides is 1. The van der Waals surface area contributed by atoms with Gasteiger partial charge in [0.15, 0.2) is 0 Å². The van der Waals surface area contributed by atoms with Crippen molar-refractivity contribution < 1.29 is 53.5 Å². The number of rotatable bonds is 27. The number of benzene rings is 1. The minimum atomic E-state index is -1.53. The van der Waals surface area contributed by atoms with Crippen molar-refractivity contribution in [1.82, 2.24) is 53.0 Å². The molecule has 0 bridgehead atoms. The number of nitrogens with two attached hydrogens (primary N) is 1. The van der Waals surface area contributed by atoms with E-state index in [4.69, 9.17) is 10.9 Å². The molecular formula is C41H61N11O11S. The molecule has 0 saturated carbocycles. The minimum Gasteiger partial charge on any atom is -0.394 e. The Kier molecular flexibility index (Phi) is 20.1. The van der Waals surface area contributed by atoms with Crippen molar-refractivity contribution in [2.75, 3.05) is 32.0 Å². The van der Waals surface area contributed by atoms with Crippen molar-refractivity contribution in [3.05, 3.63) is 36.0 Å². The van der Waals surface area contributed by atoms with Crippen LogP contribution >= 0.6 is 11.8 Å². The molecule has 2 saturated heterocycles. The number of amides is 10. The number of aromatic amines is 1. The van der Waals surface area contributed by atoms with E-state index < -0.39 is 91.5 Å². The zero-order valence-electron chi connectivity index (χ0n) is 36.0. The number of carbonyl (C=O) groups excluding carboxylic acids is 9. The lowest BCUT2D eigenvalue weighted by atomic mass is 9.91. The fourth-order valence-corrected chi connectivity index (χ4v) is 9.02. The number of unbranched alkanes of at least 4 members (excludes halogenated alkanes) is 2. The molecule has 2 aliphatic heterocycles. The highest BCUT2D eigenvalue weighted by Gasteiger charge is 2.42. The standard InChI is InChI=1S/C41H61N11O11S/c1-22(2)25(16-33(55)52-63)38(59)49-29(20-53)40(61)48-28(15-23-17-44-26-10-4-3-9-24(23)26)39(60)46-18-34(56)45-19-35(57)47-27(37(42)58)11-7-8-14-43-32(54)13-6-5-12-31-36-30(21-64-31)50-41(62)51-36/h3-4,9-10,17,22,25,27-31,36,44,53,63H,5-8,11-16,18-21H2,1-2H3,(H2,42,58)(H,43,54)(H,45,56)(H,46,60)(H,47,57)(H,48,61)(H,49,59)(H,52,55)(H2,50,51,62)/t25?,27-,28-,29-,30-,31-,36-/m0/s1. The molecule has 1 unspecified atom stereocenters. The average Bonchev–Trinajstić information content (AvgIpc) is 3.97. The first-order valence-electron chi connectivity index (χ1n) is 21.4. The number of nitrogens with one attached hydrogen (secondary N) is 10. The van der Waals surface area contributed by atoms with Gasteiger partial charge in [-0.05, 0) is 49.7 Å². The number of hydroxylamine groups is 1. The van der Waals surface area contributed by atoms with E-state index in [1.165, 1.54) is 5.48 Å². The van der Waals surface area contributed by atoms with Crippen LogP contribution in [0.2, 0.25) is 0 Å². The molecule has 2 aliphatic rings. The quantitative estimate of drug-likeness (QED) is 0.0202. The zero-order chi connectivity index (χ0) is 46.8. The number of carbonyl (C=O) groups is 9. The molecule has 4 rings (SSSR count). The van der Waals surface area contributed by atoms with E-state index >= 15 is 0 Å². The maximum Gasteiger partial charge on any atom is 0.315 e. The van der Waals surface area contributed by atoms with Crippen LogP contribution in [-0.2, 0) is 44.8 Å². The first-order valence-corrected chi connectivity index (χ1v) is 22.4. The van der Waals surface area contributed by atoms with Crippen LogP contribution in [0.1, 0.15) is 70.8 Å². The van der Waals surface area contributed by atoms with Gasteiger partial charge in [0.1, 0.15) is 18.1 Å². The number of hydrogen-bond donors (Lipinski definition) is 13. The maximum absolute atomic E-state index is 13.5. The molecule has 0 radical (unpaired) electrons. The van der Waals surface area contributed by atoms with Crippen LogP contribution in [0.3, 0.4) is 0 Å². The van der Waals surface area contributed by atoms with Crippen LogP contribution in [0, 0.1) is 11.8 Å². The molecule has 0 spiro atoms. The third-order valence-electron chi connectivity index (χ3n) is 11.1. The molecular weight excluding hydrogens is 855 g/mol. The molecule has 3 heterocycles. The fraction of sp³-hybridized carbons (Fsp3) is 0.585. The van der Waals surface area contributed by atoms with Gasteiger partial charge in [-0.2, -0.15) is 11.8 Å². The van der Waals surface area contributed by atoms with Crippen LogP contribution in [0.15, 0.2) is 30.5 Å². The molecule has 2 fully saturated rings. The Morgan fingerprint density at radius 1 is 0.812 bits per heavy atom. The van der Waals surface area contributed by atoms with E-state index in [2.05, 4.69) is 47.5 Å². The van der Waals surface area contributed by atoms with E-state index in [1.807, 2.05) is 23.9 Å². The summed E-state index contributed by atoms with van der Waals surface area (Å²) in [6.07, 6.45) is 5.21. The Bertz CT molecular complexity index is 1980. The predicted octanol–water partition coefficient (Wildman–Crippen LogP) is -1.95. The summed E-state index contributed by atoms with van der Waals surface area (Å²) in [7, 11) is 0. The second-order valence-electron chi connectivity index (χ2n) is 16.2. The van der Waals surface area contributed by atoms with Crippen LogP contribution in [0.4, 0.5) is 4.79 Å². The highest BCUT2D eigenvalue weighted by Crippen LogP contribution is 2.33. The van der Waals surface area contributed by atoms with Gasteiger partial charge in [0.2, 0.25) is 47.3 Å². The normalized spacial score (nSPS) is 18.3. The van der Waals surface area contributed by atoms with Gasteiger partial charge in [-0.15, -0.1) is 0 Å². The zero-order valence-corrected chi connectivity index (χ0v) is 36.8. The molecule has 22 nitrogen and oxygen atoms in total. The van der Waals surface area contributed by atoms with Crippen LogP contribution in [0.25, 0.3) is 10.9 Å². The van der Waals surface area contributed by atoms with Crippen molar-refractivity contribution in [1.29, 1.82) is 0 Å². The molecule has 14 N–H and O–H groups in total. The monoisotopic (exact) mass is 915 g/mol. The number of aromatic nitrogens is 1. The van der Waals surface area contributed by atoms with Gasteiger partial charge in [-0.1, -0.05) is 38.5 Å². The summed E-state index contributed by atoms with van der Waals surface area (Å²) in [5, 5.41) is 41.0. The smallest absolute Gasteiger partial charge is 0.315 e. The summed E-state index contributed by atoms with van der Waals surface area (Å²) >= 11 is 1.83. The van der Waals surface area contributed by atoms with Gasteiger partial charge >= 0.3 is 6.03 Å². The maximum atomic E-state index is 13.5. The van der Waals surface area contributed by atoms with Crippen LogP contribution < -0.4 is 53.7 Å². The topological polar surface area (TPSA) is 344 Å². The van der Waals surface area contributed by atoms with Crippen molar-refractivity contribution in [2.24, 2.45) is 17.6 Å². The number of aliphatic hydroxyl groups excluding tert-OH is 1. The molecule has 7 atom stereocenters. The van der Waals surface area contributed by atoms with Gasteiger partial charge < -0.3 is 58.4 Å². The second-order valence-corrected chi connectivity index (χ2v) is 17.5. The highest BCUT2D eigenvalue weighted by atomic mass is 32.2. The summed E-state index contributed by atoms with van der Waals surface area (Å²) in [6, 6.07) is 3.49. The van der Waals surface area contributed by atoms with Gasteiger partial charge in [0.25, 0.3) is 0 Å². The number of H-pyrrole nitrogens is 1. The predicted molar refractivity (Wildman–Crippen MR) is 234 cm³/mol. The molecule has 23 heteroatoms. The van der Waals surface area contributed by atoms with E-state index in [9.17, 15) is 48.3 Å². The summed E-state index contributed by atoms with van der Waals surface area (Å²) < 4.78 is 0. The number of thioether (sulfide) groups is 1. The molecule has 10 amide bonds. The van der Waals surface area contributed by atoms with Gasteiger partial charge in [0, 0.05) is 59.8 Å². The summed E-state index contributed by atoms with van der Waals surface area (Å²) in [5.74, 6) is -6.13. The Balaban J connectivity index is 1.19. The summed E-state index contributed by atoms with van der Waals surface area (Å²) in [6.45, 7) is 1.66. The van der Waals surface area contributed by atoms with E-state index in [0.29, 0.717) is 36.6 Å². The molecule has 1 aromatic heterocycles. The molecule has 2 aromatic rings. The third kappa shape index (κ3) is 15.7. The number of hydrogen-bond acceptors (Lipinski definition) is 12. The Morgan fingerprint density at radius 3 is 2.27 bits per heavy atom. The van der Waals surface area contributed by atoms with E-state index in [-0.39, 0.29) is 42.8 Å². The first-order chi connectivity index (χ1) is 30.6. The van der Waals surface area contributed by atoms with Gasteiger partial charge in [-0.3, -0.25) is 43.6 Å². The largest absolute Gasteiger partial charge is 0.394 e. The van der Waals surface area contributed by atoms with Gasteiger partial charge in [-0.25, -0.2) is 10.3 Å². The molecule has 64 heavy (non-hydrogen) atoms. The fourth-order valence-electron chi connectivity index (χ4n) is 7.48. The van der Waals surface area contributed by atoms with Crippen LogP contribution in [-0.4, -0.2) is 136 Å². The Hall–Kier alpha value is -5.94. The van der Waals surface area contributed by atoms with Gasteiger partial charge in [0.05, 0.1) is 31.8 Å². The van der Waals surface area contributed by atoms with Crippen LogP contribution in [0.5, 0.6) is 0 Å². The summed E-state index contributed by atoms with van der Waals surface area (Å²) in [5.41, 5.74) is 8.35. The highest BCUT2D eigenvalue weighted by molar-refractivity contribution is 8.00. The SMILES string of the molecule is CC(C)C(CC(=O)NO)C(=O)N[C@@H](CO)C(=O)N[C@@H](Cc1c[nH]c2ccccc12)C(=O)NCC(=O)NCC(=O)N[C@@H](CCCCNC(=O)CCCC[C@@H]1SC[C@@H]2NC(=O)N[C@@H]21)C(N)=O.